The molecule has 15 heavy (non-hydrogen) atoms. The Balaban J connectivity index is 2.00. The van der Waals surface area contributed by atoms with Crippen LogP contribution in [0.1, 0.15) is 31.4 Å². The Labute approximate surface area is 94.3 Å². The Morgan fingerprint density at radius 2 is 2.07 bits per heavy atom. The van der Waals surface area contributed by atoms with Crippen LogP contribution < -0.4 is 11.1 Å². The van der Waals surface area contributed by atoms with Crippen molar-refractivity contribution in [3.05, 3.63) is 18.1 Å². The van der Waals surface area contributed by atoms with Gasteiger partial charge in [-0.3, -0.25) is 0 Å². The van der Waals surface area contributed by atoms with Gasteiger partial charge in [0.05, 0.1) is 12.4 Å². The molecule has 0 unspecified atom stereocenters. The number of thiocarbonyl (C=S) groups is 1. The summed E-state index contributed by atoms with van der Waals surface area (Å²) in [5.41, 5.74) is 6.01. The first kappa shape index (κ1) is 10.3. The number of hydrogen-bond donors (Lipinski definition) is 2. The smallest absolute Gasteiger partial charge is 0.144 e. The third-order valence-corrected chi connectivity index (χ3v) is 2.82. The van der Waals surface area contributed by atoms with Crippen molar-refractivity contribution in [1.29, 1.82) is 0 Å². The molecule has 1 saturated carbocycles. The van der Waals surface area contributed by atoms with Gasteiger partial charge in [0.25, 0.3) is 0 Å². The number of anilines is 1. The number of nitrogens with two attached hydrogens (primary N) is 1. The van der Waals surface area contributed by atoms with Crippen LogP contribution in [0.4, 0.5) is 5.82 Å². The second-order valence-corrected chi connectivity index (χ2v) is 4.22. The molecule has 1 aromatic heterocycles. The van der Waals surface area contributed by atoms with Crippen molar-refractivity contribution in [2.24, 2.45) is 5.73 Å². The molecule has 0 spiro atoms. The third kappa shape index (κ3) is 2.62. The molecule has 3 N–H and O–H groups in total. The van der Waals surface area contributed by atoms with Gasteiger partial charge in [0.2, 0.25) is 0 Å². The summed E-state index contributed by atoms with van der Waals surface area (Å²) in [7, 11) is 0. The van der Waals surface area contributed by atoms with Crippen molar-refractivity contribution in [1.82, 2.24) is 9.97 Å². The van der Waals surface area contributed by atoms with Crippen LogP contribution in [0.3, 0.4) is 0 Å². The summed E-state index contributed by atoms with van der Waals surface area (Å²) >= 11 is 4.80. The highest BCUT2D eigenvalue weighted by Gasteiger charge is 2.14. The number of nitrogens with zero attached hydrogens (tertiary/aromatic N) is 2. The van der Waals surface area contributed by atoms with E-state index in [-0.39, 0.29) is 4.99 Å². The lowest BCUT2D eigenvalue weighted by atomic mass is 10.2. The number of hydrogen-bond acceptors (Lipinski definition) is 4. The van der Waals surface area contributed by atoms with E-state index >= 15 is 0 Å². The summed E-state index contributed by atoms with van der Waals surface area (Å²) in [5, 5.41) is 3.35. The first-order valence-corrected chi connectivity index (χ1v) is 5.55. The van der Waals surface area contributed by atoms with E-state index in [1.165, 1.54) is 25.7 Å². The summed E-state index contributed by atoms with van der Waals surface area (Å²) in [6.45, 7) is 0. The van der Waals surface area contributed by atoms with Gasteiger partial charge < -0.3 is 11.1 Å². The van der Waals surface area contributed by atoms with Crippen LogP contribution in [0.25, 0.3) is 0 Å². The van der Waals surface area contributed by atoms with Crippen LogP contribution >= 0.6 is 12.2 Å². The molecule has 1 heterocycles. The molecule has 1 aliphatic carbocycles. The topological polar surface area (TPSA) is 63.8 Å². The standard InChI is InChI=1S/C10H14N4S/c11-10(15)8-5-13-9(6-12-8)14-7-3-1-2-4-7/h5-7H,1-4H2,(H2,11,15)(H,13,14). The van der Waals surface area contributed by atoms with Crippen LogP contribution in [0, 0.1) is 0 Å². The van der Waals surface area contributed by atoms with Crippen LogP contribution in [-0.4, -0.2) is 21.0 Å². The molecular weight excluding hydrogens is 208 g/mol. The third-order valence-electron chi connectivity index (χ3n) is 2.61. The lowest BCUT2D eigenvalue weighted by Gasteiger charge is -2.11. The van der Waals surface area contributed by atoms with E-state index in [2.05, 4.69) is 15.3 Å². The Morgan fingerprint density at radius 1 is 1.33 bits per heavy atom. The van der Waals surface area contributed by atoms with Gasteiger partial charge in [0, 0.05) is 6.04 Å². The van der Waals surface area contributed by atoms with Gasteiger partial charge in [-0.05, 0) is 12.8 Å². The van der Waals surface area contributed by atoms with Gasteiger partial charge in [-0.15, -0.1) is 0 Å². The van der Waals surface area contributed by atoms with Crippen molar-refractivity contribution in [2.45, 2.75) is 31.7 Å². The minimum Gasteiger partial charge on any atom is -0.388 e. The van der Waals surface area contributed by atoms with Crippen LogP contribution in [0.2, 0.25) is 0 Å². The largest absolute Gasteiger partial charge is 0.388 e. The molecule has 2 rings (SSSR count). The number of aromatic nitrogens is 2. The minimum absolute atomic E-state index is 0.287. The Morgan fingerprint density at radius 3 is 2.60 bits per heavy atom. The number of rotatable bonds is 3. The molecule has 0 radical (unpaired) electrons. The van der Waals surface area contributed by atoms with Crippen LogP contribution in [-0.2, 0) is 0 Å². The Kier molecular flexibility index (Phi) is 3.11. The molecule has 80 valence electrons. The average Bonchev–Trinajstić information content (AvgIpc) is 2.71. The predicted molar refractivity (Wildman–Crippen MR) is 63.8 cm³/mol. The fraction of sp³-hybridized carbons (Fsp3) is 0.500. The summed E-state index contributed by atoms with van der Waals surface area (Å²) in [6, 6.07) is 0.551. The van der Waals surface area contributed by atoms with Gasteiger partial charge in [0.1, 0.15) is 16.5 Å². The van der Waals surface area contributed by atoms with E-state index in [9.17, 15) is 0 Å². The zero-order valence-electron chi connectivity index (χ0n) is 8.44. The molecule has 1 aliphatic rings. The summed E-state index contributed by atoms with van der Waals surface area (Å²) in [5.74, 6) is 0.807. The SMILES string of the molecule is NC(=S)c1cnc(NC2CCCC2)cn1. The molecule has 4 nitrogen and oxygen atoms in total. The van der Waals surface area contributed by atoms with Crippen molar-refractivity contribution in [2.75, 3.05) is 5.32 Å². The summed E-state index contributed by atoms with van der Waals surface area (Å²) in [6.07, 6.45) is 8.34. The van der Waals surface area contributed by atoms with E-state index in [1.807, 2.05) is 0 Å². The zero-order chi connectivity index (χ0) is 10.7. The first-order valence-electron chi connectivity index (χ1n) is 5.14. The maximum Gasteiger partial charge on any atom is 0.144 e. The first-order chi connectivity index (χ1) is 7.25. The quantitative estimate of drug-likeness (QED) is 0.758. The normalized spacial score (nSPS) is 16.5. The van der Waals surface area contributed by atoms with Gasteiger partial charge in [0.15, 0.2) is 0 Å². The van der Waals surface area contributed by atoms with E-state index in [0.717, 1.165) is 5.82 Å². The van der Waals surface area contributed by atoms with Crippen molar-refractivity contribution in [3.63, 3.8) is 0 Å². The Bertz CT molecular complexity index is 343. The fourth-order valence-corrected chi connectivity index (χ4v) is 1.91. The highest BCUT2D eigenvalue weighted by atomic mass is 32.1. The molecular formula is C10H14N4S. The second kappa shape index (κ2) is 4.53. The van der Waals surface area contributed by atoms with E-state index in [0.29, 0.717) is 11.7 Å². The van der Waals surface area contributed by atoms with Crippen molar-refractivity contribution < 1.29 is 0 Å². The highest BCUT2D eigenvalue weighted by Crippen LogP contribution is 2.20. The minimum atomic E-state index is 0.287. The predicted octanol–water partition coefficient (Wildman–Crippen LogP) is 1.47. The lowest BCUT2D eigenvalue weighted by molar-refractivity contribution is 0.749. The van der Waals surface area contributed by atoms with Crippen LogP contribution in [0.5, 0.6) is 0 Å². The van der Waals surface area contributed by atoms with Crippen molar-refractivity contribution in [3.8, 4) is 0 Å². The fourth-order valence-electron chi connectivity index (χ4n) is 1.81. The van der Waals surface area contributed by atoms with E-state index < -0.39 is 0 Å². The molecule has 0 bridgehead atoms. The molecule has 0 atom stereocenters. The molecule has 0 aromatic carbocycles. The zero-order valence-corrected chi connectivity index (χ0v) is 9.26. The molecule has 0 aliphatic heterocycles. The van der Waals surface area contributed by atoms with Gasteiger partial charge >= 0.3 is 0 Å². The molecule has 1 aromatic rings. The Hall–Kier alpha value is -1.23. The van der Waals surface area contributed by atoms with Crippen molar-refractivity contribution >= 4 is 23.0 Å². The monoisotopic (exact) mass is 222 g/mol. The molecule has 0 saturated heterocycles. The average molecular weight is 222 g/mol. The summed E-state index contributed by atoms with van der Waals surface area (Å²) in [4.78, 5) is 8.64. The van der Waals surface area contributed by atoms with E-state index in [4.69, 9.17) is 18.0 Å². The number of nitrogens with one attached hydrogen (secondary N) is 1. The summed E-state index contributed by atoms with van der Waals surface area (Å²) < 4.78 is 0. The van der Waals surface area contributed by atoms with E-state index in [1.54, 1.807) is 12.4 Å². The highest BCUT2D eigenvalue weighted by molar-refractivity contribution is 7.80. The maximum absolute atomic E-state index is 5.44. The lowest BCUT2D eigenvalue weighted by Crippen LogP contribution is -2.17. The molecule has 0 amide bonds. The second-order valence-electron chi connectivity index (χ2n) is 3.78. The van der Waals surface area contributed by atoms with Gasteiger partial charge in [-0.1, -0.05) is 25.1 Å². The van der Waals surface area contributed by atoms with Gasteiger partial charge in [-0.2, -0.15) is 0 Å². The molecule has 1 fully saturated rings. The van der Waals surface area contributed by atoms with Crippen LogP contribution in [0.15, 0.2) is 12.4 Å². The van der Waals surface area contributed by atoms with Gasteiger partial charge in [-0.25, -0.2) is 9.97 Å². The maximum atomic E-state index is 5.44. The molecule has 5 heteroatoms.